The van der Waals surface area contributed by atoms with E-state index in [0.717, 1.165) is 42.1 Å². The maximum absolute atomic E-state index is 12.8. The minimum atomic E-state index is -0.0620. The van der Waals surface area contributed by atoms with E-state index in [4.69, 9.17) is 4.42 Å². The van der Waals surface area contributed by atoms with Crippen LogP contribution >= 0.6 is 0 Å². The molecular formula is C18H26N4O2. The van der Waals surface area contributed by atoms with Crippen molar-refractivity contribution >= 4 is 6.03 Å². The van der Waals surface area contributed by atoms with Gasteiger partial charge in [0.1, 0.15) is 5.76 Å². The molecule has 130 valence electrons. The number of amides is 2. The summed E-state index contributed by atoms with van der Waals surface area (Å²) >= 11 is 0. The highest BCUT2D eigenvalue weighted by Gasteiger charge is 2.37. The Morgan fingerprint density at radius 1 is 1.50 bits per heavy atom. The first-order chi connectivity index (χ1) is 11.5. The van der Waals surface area contributed by atoms with Gasteiger partial charge in [-0.05, 0) is 52.7 Å². The summed E-state index contributed by atoms with van der Waals surface area (Å²) < 4.78 is 7.46. The molecule has 2 aromatic heterocycles. The molecule has 1 aliphatic rings. The number of carbonyl (C=O) groups excluding carboxylic acids is 1. The fraction of sp³-hybridized carbons (Fsp3) is 0.556. The van der Waals surface area contributed by atoms with Gasteiger partial charge < -0.3 is 14.6 Å². The lowest BCUT2D eigenvalue weighted by atomic mass is 10.2. The van der Waals surface area contributed by atoms with Gasteiger partial charge in [0.05, 0.1) is 18.0 Å². The average Bonchev–Trinajstić information content (AvgIpc) is 3.15. The fourth-order valence-electron chi connectivity index (χ4n) is 3.23. The van der Waals surface area contributed by atoms with Crippen molar-refractivity contribution in [3.8, 4) is 0 Å². The minimum absolute atomic E-state index is 0.0375. The number of hydrogen-bond donors (Lipinski definition) is 1. The van der Waals surface area contributed by atoms with E-state index in [0.29, 0.717) is 12.6 Å². The van der Waals surface area contributed by atoms with Crippen LogP contribution in [0.25, 0.3) is 0 Å². The third kappa shape index (κ3) is 3.18. The van der Waals surface area contributed by atoms with Crippen molar-refractivity contribution in [2.24, 2.45) is 0 Å². The molecule has 3 rings (SSSR count). The van der Waals surface area contributed by atoms with E-state index >= 15 is 0 Å². The monoisotopic (exact) mass is 330 g/mol. The number of hydrogen-bond acceptors (Lipinski definition) is 3. The normalized spacial score (nSPS) is 15.3. The Kier molecular flexibility index (Phi) is 4.64. The Morgan fingerprint density at radius 2 is 2.25 bits per heavy atom. The fourth-order valence-corrected chi connectivity index (χ4v) is 3.23. The summed E-state index contributed by atoms with van der Waals surface area (Å²) in [5, 5.41) is 7.59. The Labute approximate surface area is 142 Å². The van der Waals surface area contributed by atoms with Crippen LogP contribution in [-0.4, -0.2) is 26.8 Å². The molecule has 24 heavy (non-hydrogen) atoms. The summed E-state index contributed by atoms with van der Waals surface area (Å²) in [4.78, 5) is 14.7. The first kappa shape index (κ1) is 16.6. The van der Waals surface area contributed by atoms with Crippen LogP contribution in [0.5, 0.6) is 0 Å². The smallest absolute Gasteiger partial charge is 0.318 e. The third-order valence-corrected chi connectivity index (χ3v) is 4.79. The van der Waals surface area contributed by atoms with Crippen LogP contribution in [0.3, 0.4) is 0 Å². The van der Waals surface area contributed by atoms with Crippen molar-refractivity contribution in [3.63, 3.8) is 0 Å². The molecule has 2 heterocycles. The Hall–Kier alpha value is -2.24. The van der Waals surface area contributed by atoms with Gasteiger partial charge in [0.15, 0.2) is 0 Å². The lowest BCUT2D eigenvalue weighted by molar-refractivity contribution is 0.166. The molecule has 1 aliphatic carbocycles. The van der Waals surface area contributed by atoms with Gasteiger partial charge in [-0.3, -0.25) is 4.68 Å². The van der Waals surface area contributed by atoms with E-state index < -0.39 is 0 Å². The second kappa shape index (κ2) is 6.71. The topological polar surface area (TPSA) is 63.3 Å². The molecule has 6 nitrogen and oxygen atoms in total. The van der Waals surface area contributed by atoms with Crippen molar-refractivity contribution in [2.45, 2.75) is 65.7 Å². The van der Waals surface area contributed by atoms with Crippen molar-refractivity contribution in [2.75, 3.05) is 0 Å². The van der Waals surface area contributed by atoms with Gasteiger partial charge in [-0.25, -0.2) is 4.79 Å². The van der Waals surface area contributed by atoms with Crippen molar-refractivity contribution in [1.82, 2.24) is 20.0 Å². The summed E-state index contributed by atoms with van der Waals surface area (Å²) in [6.45, 7) is 9.47. The Bertz CT molecular complexity index is 701. The van der Waals surface area contributed by atoms with Gasteiger partial charge in [-0.1, -0.05) is 0 Å². The van der Waals surface area contributed by atoms with Crippen LogP contribution in [0, 0.1) is 13.8 Å². The minimum Gasteiger partial charge on any atom is -0.467 e. The lowest BCUT2D eigenvalue weighted by Crippen LogP contribution is -2.42. The number of furan rings is 1. The van der Waals surface area contributed by atoms with E-state index in [-0.39, 0.29) is 12.1 Å². The molecule has 0 bridgehead atoms. The van der Waals surface area contributed by atoms with Crippen LogP contribution in [0.1, 0.15) is 55.4 Å². The van der Waals surface area contributed by atoms with Gasteiger partial charge in [0.2, 0.25) is 0 Å². The number of aromatic nitrogens is 2. The highest BCUT2D eigenvalue weighted by atomic mass is 16.3. The highest BCUT2D eigenvalue weighted by molar-refractivity contribution is 5.75. The number of nitrogens with zero attached hydrogens (tertiary/aromatic N) is 3. The molecule has 0 radical (unpaired) electrons. The predicted molar refractivity (Wildman–Crippen MR) is 91.6 cm³/mol. The van der Waals surface area contributed by atoms with E-state index in [1.165, 1.54) is 0 Å². The van der Waals surface area contributed by atoms with E-state index in [2.05, 4.69) is 24.3 Å². The zero-order valence-corrected chi connectivity index (χ0v) is 14.9. The molecule has 0 saturated heterocycles. The number of aryl methyl sites for hydroxylation is 2. The molecule has 1 fully saturated rings. The standard InChI is InChI=1S/C18H26N4O2/c1-5-21-13(3)16(12(2)20-21)11-19-18(23)22(15-8-9-15)14(4)17-7-6-10-24-17/h6-7,10,14-15H,5,8-9,11H2,1-4H3,(H,19,23)/t14-/m1/s1. The summed E-state index contributed by atoms with van der Waals surface area (Å²) in [5.41, 5.74) is 3.20. The van der Waals surface area contributed by atoms with E-state index in [9.17, 15) is 4.79 Å². The van der Waals surface area contributed by atoms with Gasteiger partial charge >= 0.3 is 6.03 Å². The van der Waals surface area contributed by atoms with E-state index in [1.54, 1.807) is 6.26 Å². The van der Waals surface area contributed by atoms with Crippen LogP contribution in [-0.2, 0) is 13.1 Å². The predicted octanol–water partition coefficient (Wildman–Crippen LogP) is 3.55. The lowest BCUT2D eigenvalue weighted by Gasteiger charge is -2.28. The first-order valence-corrected chi connectivity index (χ1v) is 8.65. The molecule has 0 aromatic carbocycles. The first-order valence-electron chi connectivity index (χ1n) is 8.65. The molecule has 6 heteroatoms. The molecule has 2 amide bonds. The number of nitrogens with one attached hydrogen (secondary N) is 1. The number of urea groups is 1. The Balaban J connectivity index is 1.70. The maximum atomic E-state index is 12.8. The summed E-state index contributed by atoms with van der Waals surface area (Å²) in [6, 6.07) is 4.00. The average molecular weight is 330 g/mol. The molecule has 1 N–H and O–H groups in total. The molecule has 0 aliphatic heterocycles. The largest absolute Gasteiger partial charge is 0.467 e. The van der Waals surface area contributed by atoms with Gasteiger partial charge in [0, 0.05) is 30.4 Å². The maximum Gasteiger partial charge on any atom is 0.318 e. The van der Waals surface area contributed by atoms with Crippen molar-refractivity contribution < 1.29 is 9.21 Å². The molecule has 1 saturated carbocycles. The molecule has 0 spiro atoms. The van der Waals surface area contributed by atoms with Gasteiger partial charge in [0.25, 0.3) is 0 Å². The Morgan fingerprint density at radius 3 is 2.79 bits per heavy atom. The third-order valence-electron chi connectivity index (χ3n) is 4.79. The van der Waals surface area contributed by atoms with Crippen LogP contribution < -0.4 is 5.32 Å². The van der Waals surface area contributed by atoms with Crippen molar-refractivity contribution in [1.29, 1.82) is 0 Å². The SMILES string of the molecule is CCn1nc(C)c(CNC(=O)N(C2CC2)[C@H](C)c2ccco2)c1C. The van der Waals surface area contributed by atoms with Crippen LogP contribution in [0.2, 0.25) is 0 Å². The van der Waals surface area contributed by atoms with Gasteiger partial charge in [-0.2, -0.15) is 5.10 Å². The molecular weight excluding hydrogens is 304 g/mol. The van der Waals surface area contributed by atoms with Crippen molar-refractivity contribution in [3.05, 3.63) is 41.1 Å². The van der Waals surface area contributed by atoms with Crippen LogP contribution in [0.4, 0.5) is 4.79 Å². The molecule has 0 unspecified atom stereocenters. The second-order valence-electron chi connectivity index (χ2n) is 6.45. The summed E-state index contributed by atoms with van der Waals surface area (Å²) in [6.07, 6.45) is 3.77. The van der Waals surface area contributed by atoms with E-state index in [1.807, 2.05) is 35.6 Å². The zero-order chi connectivity index (χ0) is 17.3. The van der Waals surface area contributed by atoms with Crippen LogP contribution in [0.15, 0.2) is 22.8 Å². The number of rotatable bonds is 6. The number of carbonyl (C=O) groups is 1. The highest BCUT2D eigenvalue weighted by Crippen LogP contribution is 2.34. The summed E-state index contributed by atoms with van der Waals surface area (Å²) in [7, 11) is 0. The second-order valence-corrected chi connectivity index (χ2v) is 6.45. The molecule has 2 aromatic rings. The van der Waals surface area contributed by atoms with Gasteiger partial charge in [-0.15, -0.1) is 0 Å². The summed E-state index contributed by atoms with van der Waals surface area (Å²) in [5.74, 6) is 0.822. The quantitative estimate of drug-likeness (QED) is 0.881. The zero-order valence-electron chi connectivity index (χ0n) is 14.9. The molecule has 1 atom stereocenters.